The van der Waals surface area contributed by atoms with Gasteiger partial charge >= 0.3 is 5.97 Å². The van der Waals surface area contributed by atoms with Gasteiger partial charge in [0.1, 0.15) is 6.54 Å². The molecule has 1 amide bonds. The van der Waals surface area contributed by atoms with Crippen molar-refractivity contribution in [2.75, 3.05) is 18.2 Å². The van der Waals surface area contributed by atoms with Gasteiger partial charge in [0.15, 0.2) is 5.82 Å². The van der Waals surface area contributed by atoms with E-state index in [2.05, 4.69) is 20.4 Å². The van der Waals surface area contributed by atoms with E-state index in [-0.39, 0.29) is 24.0 Å². The molecule has 1 aromatic heterocycles. The lowest BCUT2D eigenvalue weighted by atomic mass is 10.1. The quantitative estimate of drug-likeness (QED) is 0.812. The minimum absolute atomic E-state index is 0.0120. The summed E-state index contributed by atoms with van der Waals surface area (Å²) in [5, 5.41) is 10.0. The normalized spacial score (nSPS) is 10.3. The first-order valence-electron chi connectivity index (χ1n) is 6.56. The zero-order chi connectivity index (χ0) is 16.3. The zero-order valence-electron chi connectivity index (χ0n) is 12.6. The highest BCUT2D eigenvalue weighted by Gasteiger charge is 2.19. The van der Waals surface area contributed by atoms with Crippen LogP contribution in [0.2, 0.25) is 0 Å². The summed E-state index contributed by atoms with van der Waals surface area (Å²) in [4.78, 5) is 23.4. The Balaban J connectivity index is 2.07. The zero-order valence-corrected chi connectivity index (χ0v) is 12.6. The highest BCUT2D eigenvalue weighted by Crippen LogP contribution is 2.14. The second-order valence-electron chi connectivity index (χ2n) is 4.82. The molecule has 0 saturated heterocycles. The van der Waals surface area contributed by atoms with Crippen LogP contribution in [-0.4, -0.2) is 34.0 Å². The number of benzene rings is 1. The average molecular weight is 303 g/mol. The second-order valence-corrected chi connectivity index (χ2v) is 4.82. The predicted molar refractivity (Wildman–Crippen MR) is 80.3 cm³/mol. The Morgan fingerprint density at radius 1 is 1.32 bits per heavy atom. The number of carbonyl (C=O) groups is 2. The number of ether oxygens (including phenoxy) is 1. The molecule has 22 heavy (non-hydrogen) atoms. The molecule has 8 nitrogen and oxygen atoms in total. The van der Waals surface area contributed by atoms with Crippen LogP contribution in [0, 0.1) is 13.8 Å². The molecule has 0 atom stereocenters. The van der Waals surface area contributed by atoms with E-state index in [1.807, 2.05) is 32.0 Å². The maximum Gasteiger partial charge on any atom is 0.362 e. The van der Waals surface area contributed by atoms with Crippen LogP contribution >= 0.6 is 0 Å². The molecule has 2 aromatic rings. The van der Waals surface area contributed by atoms with Crippen LogP contribution in [0.5, 0.6) is 0 Å². The summed E-state index contributed by atoms with van der Waals surface area (Å²) in [6, 6.07) is 5.60. The molecule has 1 heterocycles. The number of aromatic nitrogens is 3. The van der Waals surface area contributed by atoms with Crippen molar-refractivity contribution in [1.29, 1.82) is 0 Å². The van der Waals surface area contributed by atoms with Gasteiger partial charge in [-0.3, -0.25) is 4.79 Å². The van der Waals surface area contributed by atoms with Crippen molar-refractivity contribution in [2.45, 2.75) is 20.4 Å². The summed E-state index contributed by atoms with van der Waals surface area (Å²) in [7, 11) is 1.22. The van der Waals surface area contributed by atoms with Crippen LogP contribution in [-0.2, 0) is 16.1 Å². The number of nitrogen functional groups attached to an aromatic ring is 1. The maximum absolute atomic E-state index is 12.0. The molecule has 1 aromatic carbocycles. The molecule has 116 valence electrons. The second kappa shape index (κ2) is 6.25. The van der Waals surface area contributed by atoms with Crippen molar-refractivity contribution in [3.05, 3.63) is 35.0 Å². The van der Waals surface area contributed by atoms with Crippen molar-refractivity contribution in [3.63, 3.8) is 0 Å². The van der Waals surface area contributed by atoms with Crippen LogP contribution < -0.4 is 11.1 Å². The van der Waals surface area contributed by atoms with Crippen molar-refractivity contribution >= 4 is 23.4 Å². The van der Waals surface area contributed by atoms with E-state index in [4.69, 9.17) is 5.73 Å². The summed E-state index contributed by atoms with van der Waals surface area (Å²) in [6.45, 7) is 3.80. The molecule has 0 aliphatic rings. The molecule has 0 spiro atoms. The number of nitrogens with one attached hydrogen (secondary N) is 1. The monoisotopic (exact) mass is 303 g/mol. The van der Waals surface area contributed by atoms with Gasteiger partial charge in [0.25, 0.3) is 0 Å². The number of rotatable bonds is 4. The van der Waals surface area contributed by atoms with E-state index in [0.29, 0.717) is 5.69 Å². The SMILES string of the molecule is COC(=O)c1nnn(CC(=O)Nc2ccc(C)c(C)c2)c1N. The van der Waals surface area contributed by atoms with E-state index < -0.39 is 5.97 Å². The Morgan fingerprint density at radius 2 is 2.05 bits per heavy atom. The van der Waals surface area contributed by atoms with E-state index in [0.717, 1.165) is 15.8 Å². The van der Waals surface area contributed by atoms with Gasteiger partial charge in [0.2, 0.25) is 11.6 Å². The number of nitrogens with zero attached hydrogens (tertiary/aromatic N) is 3. The van der Waals surface area contributed by atoms with Crippen molar-refractivity contribution in [1.82, 2.24) is 15.0 Å². The number of amides is 1. The molecule has 2 rings (SSSR count). The first kappa shape index (κ1) is 15.5. The lowest BCUT2D eigenvalue weighted by Gasteiger charge is -2.08. The molecule has 0 unspecified atom stereocenters. The van der Waals surface area contributed by atoms with Crippen LogP contribution in [0.1, 0.15) is 21.6 Å². The maximum atomic E-state index is 12.0. The van der Waals surface area contributed by atoms with Gasteiger partial charge in [-0.2, -0.15) is 0 Å². The van der Waals surface area contributed by atoms with Gasteiger partial charge in [-0.25, -0.2) is 9.48 Å². The summed E-state index contributed by atoms with van der Waals surface area (Å²) >= 11 is 0. The van der Waals surface area contributed by atoms with Gasteiger partial charge in [-0.15, -0.1) is 5.10 Å². The number of aryl methyl sites for hydroxylation is 2. The highest BCUT2D eigenvalue weighted by atomic mass is 16.5. The minimum Gasteiger partial charge on any atom is -0.464 e. The molecule has 0 radical (unpaired) electrons. The van der Waals surface area contributed by atoms with Gasteiger partial charge < -0.3 is 15.8 Å². The fourth-order valence-corrected chi connectivity index (χ4v) is 1.83. The molecule has 0 aliphatic heterocycles. The Bertz CT molecular complexity index is 723. The van der Waals surface area contributed by atoms with Crippen molar-refractivity contribution < 1.29 is 14.3 Å². The van der Waals surface area contributed by atoms with E-state index >= 15 is 0 Å². The number of hydrogen-bond acceptors (Lipinski definition) is 6. The van der Waals surface area contributed by atoms with E-state index in [1.54, 1.807) is 0 Å². The first-order valence-corrected chi connectivity index (χ1v) is 6.56. The molecule has 3 N–H and O–H groups in total. The fourth-order valence-electron chi connectivity index (χ4n) is 1.83. The average Bonchev–Trinajstić information content (AvgIpc) is 2.83. The first-order chi connectivity index (χ1) is 10.4. The standard InChI is InChI=1S/C14H17N5O3/c1-8-4-5-10(6-9(8)2)16-11(20)7-19-13(15)12(17-18-19)14(21)22-3/h4-6H,7,15H2,1-3H3,(H,16,20). The molecular formula is C14H17N5O3. The largest absolute Gasteiger partial charge is 0.464 e. The molecule has 0 bridgehead atoms. The number of methoxy groups -OCH3 is 1. The minimum atomic E-state index is -0.696. The molecule has 8 heteroatoms. The van der Waals surface area contributed by atoms with Gasteiger partial charge in [0, 0.05) is 5.69 Å². The van der Waals surface area contributed by atoms with Crippen molar-refractivity contribution in [2.24, 2.45) is 0 Å². The van der Waals surface area contributed by atoms with Crippen LogP contribution in [0.4, 0.5) is 11.5 Å². The molecule has 0 aliphatic carbocycles. The third-order valence-electron chi connectivity index (χ3n) is 3.24. The number of hydrogen-bond donors (Lipinski definition) is 2. The molecule has 0 saturated carbocycles. The van der Waals surface area contributed by atoms with E-state index in [9.17, 15) is 9.59 Å². The van der Waals surface area contributed by atoms with Crippen molar-refractivity contribution in [3.8, 4) is 0 Å². The smallest absolute Gasteiger partial charge is 0.362 e. The van der Waals surface area contributed by atoms with Gasteiger partial charge in [-0.05, 0) is 37.1 Å². The number of esters is 1. The lowest BCUT2D eigenvalue weighted by Crippen LogP contribution is -2.21. The van der Waals surface area contributed by atoms with Crippen LogP contribution in [0.3, 0.4) is 0 Å². The Morgan fingerprint density at radius 3 is 2.68 bits per heavy atom. The molecular weight excluding hydrogens is 286 g/mol. The van der Waals surface area contributed by atoms with Crippen LogP contribution in [0.25, 0.3) is 0 Å². The lowest BCUT2D eigenvalue weighted by molar-refractivity contribution is -0.116. The summed E-state index contributed by atoms with van der Waals surface area (Å²) in [5.41, 5.74) is 8.51. The van der Waals surface area contributed by atoms with E-state index in [1.165, 1.54) is 7.11 Å². The number of nitrogens with two attached hydrogens (primary N) is 1. The van der Waals surface area contributed by atoms with Gasteiger partial charge in [-0.1, -0.05) is 11.3 Å². The van der Waals surface area contributed by atoms with Crippen LogP contribution in [0.15, 0.2) is 18.2 Å². The number of carbonyl (C=O) groups excluding carboxylic acids is 2. The number of anilines is 2. The summed E-state index contributed by atoms with van der Waals surface area (Å²) in [6.07, 6.45) is 0. The highest BCUT2D eigenvalue weighted by molar-refractivity contribution is 5.93. The topological polar surface area (TPSA) is 112 Å². The fraction of sp³-hybridized carbons (Fsp3) is 0.286. The Kier molecular flexibility index (Phi) is 4.40. The van der Waals surface area contributed by atoms with Gasteiger partial charge in [0.05, 0.1) is 7.11 Å². The Labute approximate surface area is 127 Å². The summed E-state index contributed by atoms with van der Waals surface area (Å²) < 4.78 is 5.66. The Hall–Kier alpha value is -2.90. The summed E-state index contributed by atoms with van der Waals surface area (Å²) in [5.74, 6) is -1.03. The molecule has 0 fully saturated rings. The third kappa shape index (κ3) is 3.22. The predicted octanol–water partition coefficient (Wildman–Crippen LogP) is 0.902. The third-order valence-corrected chi connectivity index (χ3v) is 3.24.